The summed E-state index contributed by atoms with van der Waals surface area (Å²) < 4.78 is 0. The Hall–Kier alpha value is -5.04. The summed E-state index contributed by atoms with van der Waals surface area (Å²) in [5, 5.41) is 8.79. The smallest absolute Gasteiger partial charge is 0.319 e. The molecule has 2 aromatic heterocycles. The fourth-order valence-corrected chi connectivity index (χ4v) is 5.12. The van der Waals surface area contributed by atoms with Crippen LogP contribution in [0.5, 0.6) is 0 Å². The molecule has 5 N–H and O–H groups in total. The van der Waals surface area contributed by atoms with E-state index < -0.39 is 0 Å². The molecule has 1 unspecified atom stereocenters. The predicted molar refractivity (Wildman–Crippen MR) is 173 cm³/mol. The molecular weight excluding hydrogens is 550 g/mol. The number of benzene rings is 2. The third-order valence-electron chi connectivity index (χ3n) is 7.43. The van der Waals surface area contributed by atoms with Crippen molar-refractivity contribution < 1.29 is 9.59 Å². The molecular formula is C35H37N7O2. The van der Waals surface area contributed by atoms with Crippen LogP contribution in [0, 0.1) is 11.8 Å². The second kappa shape index (κ2) is 15.4. The third-order valence-corrected chi connectivity index (χ3v) is 7.43. The van der Waals surface area contributed by atoms with Crippen LogP contribution in [0.25, 0.3) is 11.1 Å². The predicted octanol–water partition coefficient (Wildman–Crippen LogP) is 4.06. The molecule has 9 nitrogen and oxygen atoms in total. The van der Waals surface area contributed by atoms with Crippen LogP contribution in [0.1, 0.15) is 39.9 Å². The molecule has 1 fully saturated rings. The highest BCUT2D eigenvalue weighted by Crippen LogP contribution is 2.26. The third kappa shape index (κ3) is 8.98. The van der Waals surface area contributed by atoms with Crippen LogP contribution in [0.4, 0.5) is 10.5 Å². The van der Waals surface area contributed by atoms with E-state index in [1.54, 1.807) is 36.9 Å². The highest BCUT2D eigenvalue weighted by molar-refractivity contribution is 5.94. The first-order chi connectivity index (χ1) is 21.5. The number of rotatable bonds is 9. The quantitative estimate of drug-likeness (QED) is 0.219. The molecule has 2 aromatic carbocycles. The van der Waals surface area contributed by atoms with Crippen molar-refractivity contribution in [1.82, 2.24) is 25.5 Å². The van der Waals surface area contributed by atoms with Gasteiger partial charge in [0.15, 0.2) is 0 Å². The van der Waals surface area contributed by atoms with Gasteiger partial charge in [-0.1, -0.05) is 24.0 Å². The SMILES string of the molecule is NC1CCCN(CCNC(=O)c2ccc(C#Cc3cc(NC(=O)NCCc4cccnc4)ccc3-c3ccncc3)cc2)C1. The average Bonchev–Trinajstić information content (AvgIpc) is 3.05. The van der Waals surface area contributed by atoms with Gasteiger partial charge in [-0.2, -0.15) is 0 Å². The number of likely N-dealkylation sites (tertiary alicyclic amines) is 1. The van der Waals surface area contributed by atoms with Crippen LogP contribution in [-0.4, -0.2) is 65.6 Å². The van der Waals surface area contributed by atoms with Gasteiger partial charge in [-0.25, -0.2) is 4.79 Å². The largest absolute Gasteiger partial charge is 0.351 e. The molecule has 1 aliphatic heterocycles. The van der Waals surface area contributed by atoms with Crippen molar-refractivity contribution in [3.05, 3.63) is 114 Å². The zero-order chi connectivity index (χ0) is 30.6. The molecule has 0 spiro atoms. The summed E-state index contributed by atoms with van der Waals surface area (Å²) in [6.07, 6.45) is 9.84. The van der Waals surface area contributed by atoms with Gasteiger partial charge in [-0.3, -0.25) is 14.8 Å². The minimum Gasteiger partial charge on any atom is -0.351 e. The van der Waals surface area contributed by atoms with Crippen molar-refractivity contribution in [3.8, 4) is 23.0 Å². The number of nitrogens with one attached hydrogen (secondary N) is 3. The number of nitrogens with zero attached hydrogens (tertiary/aromatic N) is 3. The first-order valence-electron chi connectivity index (χ1n) is 14.9. The minimum absolute atomic E-state index is 0.108. The van der Waals surface area contributed by atoms with Crippen LogP contribution in [-0.2, 0) is 6.42 Å². The summed E-state index contributed by atoms with van der Waals surface area (Å²) in [5.41, 5.74) is 11.7. The molecule has 1 aliphatic rings. The number of hydrogen-bond acceptors (Lipinski definition) is 6. The number of piperidine rings is 1. The van der Waals surface area contributed by atoms with Crippen LogP contribution < -0.4 is 21.7 Å². The standard InChI is InChI=1S/C35H37N7O2/c36-31-4-2-21-42(25-31)22-20-39-34(43)29-8-5-26(6-9-29)7-10-30-23-32(11-12-33(30)28-14-17-37-18-15-28)41-35(44)40-19-13-27-3-1-16-38-24-27/h1,3,5-6,8-9,11-12,14-18,23-24,31H,2,4,13,19-22,25,36H2,(H,39,43)(H2,40,41,44). The molecule has 44 heavy (non-hydrogen) atoms. The van der Waals surface area contributed by atoms with Gasteiger partial charge in [0, 0.05) is 79.4 Å². The van der Waals surface area contributed by atoms with Crippen molar-refractivity contribution in [3.63, 3.8) is 0 Å². The van der Waals surface area contributed by atoms with Crippen LogP contribution in [0.15, 0.2) is 91.5 Å². The number of nitrogens with two attached hydrogens (primary N) is 1. The van der Waals surface area contributed by atoms with Gasteiger partial charge in [0.2, 0.25) is 0 Å². The molecule has 5 rings (SSSR count). The molecule has 4 aromatic rings. The molecule has 1 atom stereocenters. The topological polar surface area (TPSA) is 125 Å². The highest BCUT2D eigenvalue weighted by Gasteiger charge is 2.16. The molecule has 0 radical (unpaired) electrons. The Morgan fingerprint density at radius 2 is 1.77 bits per heavy atom. The zero-order valence-electron chi connectivity index (χ0n) is 24.6. The molecule has 1 saturated heterocycles. The van der Waals surface area contributed by atoms with E-state index in [1.807, 2.05) is 54.6 Å². The van der Waals surface area contributed by atoms with Crippen LogP contribution in [0.2, 0.25) is 0 Å². The van der Waals surface area contributed by atoms with Gasteiger partial charge in [0.25, 0.3) is 5.91 Å². The van der Waals surface area contributed by atoms with Crippen molar-refractivity contribution >= 4 is 17.6 Å². The second-order valence-electron chi connectivity index (χ2n) is 10.8. The van der Waals surface area contributed by atoms with Crippen molar-refractivity contribution in [2.24, 2.45) is 5.73 Å². The Bertz CT molecular complexity index is 1600. The molecule has 9 heteroatoms. The van der Waals surface area contributed by atoms with E-state index in [2.05, 4.69) is 42.7 Å². The number of pyridine rings is 2. The summed E-state index contributed by atoms with van der Waals surface area (Å²) in [6, 6.07) is 20.5. The molecule has 224 valence electrons. The van der Waals surface area contributed by atoms with Crippen molar-refractivity contribution in [2.75, 3.05) is 38.0 Å². The Balaban J connectivity index is 1.22. The fourth-order valence-electron chi connectivity index (χ4n) is 5.12. The van der Waals surface area contributed by atoms with E-state index >= 15 is 0 Å². The normalized spacial score (nSPS) is 14.6. The van der Waals surface area contributed by atoms with E-state index in [9.17, 15) is 9.59 Å². The summed E-state index contributed by atoms with van der Waals surface area (Å²) in [4.78, 5) is 35.8. The maximum atomic E-state index is 12.7. The zero-order valence-corrected chi connectivity index (χ0v) is 24.6. The Morgan fingerprint density at radius 1 is 0.932 bits per heavy atom. The van der Waals surface area contributed by atoms with Crippen LogP contribution >= 0.6 is 0 Å². The Morgan fingerprint density at radius 3 is 2.55 bits per heavy atom. The second-order valence-corrected chi connectivity index (χ2v) is 10.8. The number of carbonyl (C=O) groups is 2. The van der Waals surface area contributed by atoms with E-state index in [0.717, 1.165) is 60.3 Å². The van der Waals surface area contributed by atoms with Crippen LogP contribution in [0.3, 0.4) is 0 Å². The number of anilines is 1. The monoisotopic (exact) mass is 587 g/mol. The lowest BCUT2D eigenvalue weighted by Crippen LogP contribution is -2.45. The Kier molecular flexibility index (Phi) is 10.7. The minimum atomic E-state index is -0.294. The number of aromatic nitrogens is 2. The summed E-state index contributed by atoms with van der Waals surface area (Å²) in [5.74, 6) is 6.37. The Labute approximate surface area is 258 Å². The van der Waals surface area contributed by atoms with Gasteiger partial charge >= 0.3 is 6.03 Å². The maximum Gasteiger partial charge on any atom is 0.319 e. The number of urea groups is 1. The number of hydrogen-bond donors (Lipinski definition) is 4. The van der Waals surface area contributed by atoms with E-state index in [0.29, 0.717) is 30.8 Å². The lowest BCUT2D eigenvalue weighted by molar-refractivity contribution is 0.0945. The lowest BCUT2D eigenvalue weighted by Gasteiger charge is -2.30. The lowest BCUT2D eigenvalue weighted by atomic mass is 9.99. The highest BCUT2D eigenvalue weighted by atomic mass is 16.2. The molecule has 0 saturated carbocycles. The van der Waals surface area contributed by atoms with E-state index in [-0.39, 0.29) is 18.0 Å². The number of carbonyl (C=O) groups excluding carboxylic acids is 2. The molecule has 0 aliphatic carbocycles. The number of amides is 3. The fraction of sp³-hybridized carbons (Fsp3) is 0.257. The maximum absolute atomic E-state index is 12.7. The molecule has 0 bridgehead atoms. The first kappa shape index (κ1) is 30.4. The van der Waals surface area contributed by atoms with Gasteiger partial charge in [-0.05, 0) is 97.1 Å². The summed E-state index contributed by atoms with van der Waals surface area (Å²) in [7, 11) is 0. The summed E-state index contributed by atoms with van der Waals surface area (Å²) in [6.45, 7) is 3.77. The summed E-state index contributed by atoms with van der Waals surface area (Å²) >= 11 is 0. The van der Waals surface area contributed by atoms with Crippen molar-refractivity contribution in [2.45, 2.75) is 25.3 Å². The van der Waals surface area contributed by atoms with Crippen molar-refractivity contribution in [1.29, 1.82) is 0 Å². The molecule has 3 heterocycles. The molecule has 3 amide bonds. The van der Waals surface area contributed by atoms with Gasteiger partial charge < -0.3 is 26.6 Å². The average molecular weight is 588 g/mol. The van der Waals surface area contributed by atoms with Gasteiger partial charge in [-0.15, -0.1) is 0 Å². The van der Waals surface area contributed by atoms with Gasteiger partial charge in [0.05, 0.1) is 0 Å². The first-order valence-corrected chi connectivity index (χ1v) is 14.9. The van der Waals surface area contributed by atoms with Gasteiger partial charge in [0.1, 0.15) is 0 Å². The van der Waals surface area contributed by atoms with E-state index in [1.165, 1.54) is 0 Å². The van der Waals surface area contributed by atoms with E-state index in [4.69, 9.17) is 5.73 Å².